The van der Waals surface area contributed by atoms with Crippen molar-refractivity contribution < 1.29 is 0 Å². The Balaban J connectivity index is 1.66. The van der Waals surface area contributed by atoms with Crippen molar-refractivity contribution in [3.05, 3.63) is 76.6 Å². The molecule has 4 aromatic rings. The van der Waals surface area contributed by atoms with Crippen molar-refractivity contribution in [2.45, 2.75) is 38.9 Å². The number of hydrogen-bond donors (Lipinski definition) is 0. The number of aryl methyl sites for hydroxylation is 2. The summed E-state index contributed by atoms with van der Waals surface area (Å²) in [6, 6.07) is 14.3. The van der Waals surface area contributed by atoms with E-state index in [1.165, 1.54) is 6.42 Å². The van der Waals surface area contributed by atoms with Crippen LogP contribution in [0.3, 0.4) is 0 Å². The summed E-state index contributed by atoms with van der Waals surface area (Å²) in [6.45, 7) is 3.32. The van der Waals surface area contributed by atoms with Crippen LogP contribution in [0.1, 0.15) is 30.4 Å². The zero-order valence-corrected chi connectivity index (χ0v) is 17.9. The average Bonchev–Trinajstić information content (AvgIpc) is 3.46. The molecular weight excluding hydrogens is 402 g/mol. The van der Waals surface area contributed by atoms with Gasteiger partial charge in [-0.3, -0.25) is 14.0 Å². The van der Waals surface area contributed by atoms with E-state index >= 15 is 0 Å². The molecule has 4 heterocycles. The zero-order chi connectivity index (χ0) is 21.9. The Labute approximate surface area is 185 Å². The predicted molar refractivity (Wildman–Crippen MR) is 123 cm³/mol. The highest BCUT2D eigenvalue weighted by Crippen LogP contribution is 2.32. The summed E-state index contributed by atoms with van der Waals surface area (Å²) in [6.07, 6.45) is 8.51. The number of benzene rings is 1. The lowest BCUT2D eigenvalue weighted by atomic mass is 10.1. The summed E-state index contributed by atoms with van der Waals surface area (Å²) in [4.78, 5) is 20.5. The maximum absolute atomic E-state index is 13.6. The average molecular weight is 428 g/mol. The third-order valence-corrected chi connectivity index (χ3v) is 6.08. The number of piperidine rings is 1. The number of hydrogen-bond acceptors (Lipinski definition) is 5. The number of anilines is 1. The third-order valence-electron chi connectivity index (χ3n) is 6.08. The summed E-state index contributed by atoms with van der Waals surface area (Å²) in [5.74, 6) is 0.820. The third kappa shape index (κ3) is 3.66. The van der Waals surface area contributed by atoms with Gasteiger partial charge in [0, 0.05) is 38.6 Å². The fourth-order valence-corrected chi connectivity index (χ4v) is 4.51. The monoisotopic (exact) mass is 427 g/mol. The Hall–Kier alpha value is -3.86. The highest BCUT2D eigenvalue weighted by atomic mass is 16.1. The van der Waals surface area contributed by atoms with Crippen LogP contribution in [-0.2, 0) is 19.6 Å². The quantitative estimate of drug-likeness (QED) is 0.472. The van der Waals surface area contributed by atoms with Crippen LogP contribution in [0, 0.1) is 11.3 Å². The van der Waals surface area contributed by atoms with E-state index in [0.717, 1.165) is 37.3 Å². The minimum atomic E-state index is -0.127. The van der Waals surface area contributed by atoms with Gasteiger partial charge in [-0.05, 0) is 30.9 Å². The normalized spacial score (nSPS) is 14.0. The molecular formula is C24H25N7O. The maximum Gasteiger partial charge on any atom is 0.278 e. The Bertz CT molecular complexity index is 1310. The van der Waals surface area contributed by atoms with Gasteiger partial charge >= 0.3 is 0 Å². The molecule has 0 bridgehead atoms. The minimum absolute atomic E-state index is 0.127. The number of fused-ring (bicyclic) bond motifs is 1. The standard InChI is InChI=1S/C24H25N7O/c25-16-20-21-22(24(32)29(18-26-21)14-15-30-13-7-10-27-30)31(17-19-8-3-1-4-9-19)23(20)28-11-5-2-6-12-28/h1,3-4,7-10,13,18H,2,5-6,11-12,14-15,17H2. The summed E-state index contributed by atoms with van der Waals surface area (Å²) in [5, 5.41) is 14.3. The van der Waals surface area contributed by atoms with E-state index in [4.69, 9.17) is 0 Å². The van der Waals surface area contributed by atoms with Crippen molar-refractivity contribution in [2.75, 3.05) is 18.0 Å². The van der Waals surface area contributed by atoms with E-state index in [0.29, 0.717) is 36.2 Å². The second-order valence-electron chi connectivity index (χ2n) is 8.14. The Morgan fingerprint density at radius 3 is 2.56 bits per heavy atom. The summed E-state index contributed by atoms with van der Waals surface area (Å²) in [7, 11) is 0. The largest absolute Gasteiger partial charge is 0.357 e. The van der Waals surface area contributed by atoms with Crippen molar-refractivity contribution in [1.29, 1.82) is 5.26 Å². The molecule has 1 saturated heterocycles. The topological polar surface area (TPSA) is 84.7 Å². The van der Waals surface area contributed by atoms with Crippen LogP contribution >= 0.6 is 0 Å². The molecule has 0 atom stereocenters. The molecule has 0 N–H and O–H groups in total. The van der Waals surface area contributed by atoms with Crippen molar-refractivity contribution in [1.82, 2.24) is 23.9 Å². The smallest absolute Gasteiger partial charge is 0.278 e. The number of nitrogens with zero attached hydrogens (tertiary/aromatic N) is 7. The minimum Gasteiger partial charge on any atom is -0.357 e. The molecule has 8 heteroatoms. The van der Waals surface area contributed by atoms with E-state index < -0.39 is 0 Å². The first-order chi connectivity index (χ1) is 15.8. The van der Waals surface area contributed by atoms with E-state index in [1.54, 1.807) is 21.8 Å². The fourth-order valence-electron chi connectivity index (χ4n) is 4.51. The molecule has 1 aliphatic heterocycles. The molecule has 3 aromatic heterocycles. The summed E-state index contributed by atoms with van der Waals surface area (Å²) < 4.78 is 5.42. The van der Waals surface area contributed by atoms with Crippen LogP contribution in [0.5, 0.6) is 0 Å². The lowest BCUT2D eigenvalue weighted by Gasteiger charge is -2.30. The molecule has 32 heavy (non-hydrogen) atoms. The van der Waals surface area contributed by atoms with Crippen LogP contribution in [0.25, 0.3) is 11.0 Å². The molecule has 0 spiro atoms. The zero-order valence-electron chi connectivity index (χ0n) is 17.9. The van der Waals surface area contributed by atoms with E-state index in [9.17, 15) is 10.1 Å². The first-order valence-corrected chi connectivity index (χ1v) is 11.0. The van der Waals surface area contributed by atoms with Crippen LogP contribution in [-0.4, -0.2) is 37.0 Å². The SMILES string of the molecule is N#Cc1c(N2CCCCC2)n(Cc2ccccc2)c2c(=O)n(CCn3cccn3)cnc12. The van der Waals surface area contributed by atoms with E-state index in [-0.39, 0.29) is 5.56 Å². The predicted octanol–water partition coefficient (Wildman–Crippen LogP) is 3.00. The Kier molecular flexibility index (Phi) is 5.46. The summed E-state index contributed by atoms with van der Waals surface area (Å²) in [5.41, 5.74) is 2.43. The van der Waals surface area contributed by atoms with E-state index in [1.807, 2.05) is 47.2 Å². The first kappa shape index (κ1) is 20.1. The Morgan fingerprint density at radius 2 is 1.84 bits per heavy atom. The molecule has 5 rings (SSSR count). The van der Waals surface area contributed by atoms with Gasteiger partial charge < -0.3 is 9.47 Å². The molecule has 162 valence electrons. The van der Waals surface area contributed by atoms with Gasteiger partial charge in [0.1, 0.15) is 28.5 Å². The van der Waals surface area contributed by atoms with Crippen molar-refractivity contribution in [2.24, 2.45) is 0 Å². The van der Waals surface area contributed by atoms with Gasteiger partial charge in [0.05, 0.1) is 12.9 Å². The molecule has 1 fully saturated rings. The number of aromatic nitrogens is 5. The second-order valence-corrected chi connectivity index (χ2v) is 8.14. The first-order valence-electron chi connectivity index (χ1n) is 11.0. The maximum atomic E-state index is 13.6. The molecule has 8 nitrogen and oxygen atoms in total. The van der Waals surface area contributed by atoms with Crippen LogP contribution < -0.4 is 10.5 Å². The molecule has 0 aliphatic carbocycles. The van der Waals surface area contributed by atoms with Crippen molar-refractivity contribution in [3.8, 4) is 6.07 Å². The van der Waals surface area contributed by atoms with Gasteiger partial charge in [-0.25, -0.2) is 4.98 Å². The lowest BCUT2D eigenvalue weighted by molar-refractivity contribution is 0.520. The summed E-state index contributed by atoms with van der Waals surface area (Å²) >= 11 is 0. The van der Waals surface area contributed by atoms with Gasteiger partial charge in [0.25, 0.3) is 5.56 Å². The second kappa shape index (κ2) is 8.71. The van der Waals surface area contributed by atoms with Crippen molar-refractivity contribution >= 4 is 16.9 Å². The number of nitriles is 1. The van der Waals surface area contributed by atoms with Gasteiger partial charge in [-0.2, -0.15) is 10.4 Å². The van der Waals surface area contributed by atoms with Gasteiger partial charge in [-0.15, -0.1) is 0 Å². The van der Waals surface area contributed by atoms with Crippen molar-refractivity contribution in [3.63, 3.8) is 0 Å². The fraction of sp³-hybridized carbons (Fsp3) is 0.333. The molecule has 1 aromatic carbocycles. The molecule has 0 saturated carbocycles. The lowest BCUT2D eigenvalue weighted by Crippen LogP contribution is -2.32. The van der Waals surface area contributed by atoms with Gasteiger partial charge in [0.15, 0.2) is 0 Å². The van der Waals surface area contributed by atoms with Crippen LogP contribution in [0.2, 0.25) is 0 Å². The molecule has 0 unspecified atom stereocenters. The number of rotatable bonds is 6. The van der Waals surface area contributed by atoms with Crippen LogP contribution in [0.4, 0.5) is 5.82 Å². The molecule has 1 aliphatic rings. The van der Waals surface area contributed by atoms with Gasteiger partial charge in [-0.1, -0.05) is 30.3 Å². The molecule has 0 radical (unpaired) electrons. The Morgan fingerprint density at radius 1 is 1.03 bits per heavy atom. The van der Waals surface area contributed by atoms with Crippen LogP contribution in [0.15, 0.2) is 59.9 Å². The highest BCUT2D eigenvalue weighted by molar-refractivity contribution is 5.89. The van der Waals surface area contributed by atoms with E-state index in [2.05, 4.69) is 21.1 Å². The van der Waals surface area contributed by atoms with Gasteiger partial charge in [0.2, 0.25) is 0 Å². The highest BCUT2D eigenvalue weighted by Gasteiger charge is 2.26. The molecule has 0 amide bonds.